The zero-order chi connectivity index (χ0) is 12.8. The van der Waals surface area contributed by atoms with Crippen LogP contribution in [0.15, 0.2) is 0 Å². The number of ether oxygens (including phenoxy) is 1. The topological polar surface area (TPSA) is 75.8 Å². The second-order valence-corrected chi connectivity index (χ2v) is 4.71. The standard InChI is InChI=1S/C11H20N2O3S/c1-8(10(12)17)11(15)13-4-2-9(3-5-13)16-7-6-14/h8-9,14H,2-7H2,1H3,(H2,12,17). The normalized spacial score (nSPS) is 19.1. The van der Waals surface area contributed by atoms with E-state index in [9.17, 15) is 4.79 Å². The van der Waals surface area contributed by atoms with Gasteiger partial charge in [-0.2, -0.15) is 0 Å². The highest BCUT2D eigenvalue weighted by atomic mass is 32.1. The van der Waals surface area contributed by atoms with Gasteiger partial charge in [0.1, 0.15) is 0 Å². The van der Waals surface area contributed by atoms with Crippen molar-refractivity contribution < 1.29 is 14.6 Å². The molecule has 5 nitrogen and oxygen atoms in total. The van der Waals surface area contributed by atoms with Crippen molar-refractivity contribution in [3.8, 4) is 0 Å². The third-order valence-electron chi connectivity index (χ3n) is 3.00. The lowest BCUT2D eigenvalue weighted by atomic mass is 10.0. The van der Waals surface area contributed by atoms with Crippen LogP contribution in [0.5, 0.6) is 0 Å². The Morgan fingerprint density at radius 3 is 2.65 bits per heavy atom. The minimum atomic E-state index is -0.389. The fourth-order valence-electron chi connectivity index (χ4n) is 1.86. The highest BCUT2D eigenvalue weighted by molar-refractivity contribution is 7.80. The molecule has 0 radical (unpaired) electrons. The number of aliphatic hydroxyl groups excluding tert-OH is 1. The lowest BCUT2D eigenvalue weighted by Gasteiger charge is -2.33. The summed E-state index contributed by atoms with van der Waals surface area (Å²) in [7, 11) is 0. The zero-order valence-corrected chi connectivity index (χ0v) is 10.9. The first-order valence-electron chi connectivity index (χ1n) is 5.86. The lowest BCUT2D eigenvalue weighted by Crippen LogP contribution is -2.45. The molecule has 0 aromatic heterocycles. The molecule has 1 aliphatic heterocycles. The number of nitrogens with two attached hydrogens (primary N) is 1. The van der Waals surface area contributed by atoms with Crippen molar-refractivity contribution in [2.45, 2.75) is 25.9 Å². The number of aliphatic hydroxyl groups is 1. The number of hydrogen-bond acceptors (Lipinski definition) is 4. The average Bonchev–Trinajstić information content (AvgIpc) is 2.35. The highest BCUT2D eigenvalue weighted by Gasteiger charge is 2.27. The van der Waals surface area contributed by atoms with Crippen molar-refractivity contribution in [3.05, 3.63) is 0 Å². The zero-order valence-electron chi connectivity index (χ0n) is 10.1. The number of likely N-dealkylation sites (tertiary alicyclic amines) is 1. The molecule has 1 fully saturated rings. The van der Waals surface area contributed by atoms with Gasteiger partial charge in [-0.05, 0) is 19.8 Å². The monoisotopic (exact) mass is 260 g/mol. The molecule has 1 heterocycles. The quantitative estimate of drug-likeness (QED) is 0.676. The lowest BCUT2D eigenvalue weighted by molar-refractivity contribution is -0.135. The van der Waals surface area contributed by atoms with Gasteiger partial charge in [-0.15, -0.1) is 0 Å². The summed E-state index contributed by atoms with van der Waals surface area (Å²) in [5.74, 6) is -0.391. The number of piperidine rings is 1. The summed E-state index contributed by atoms with van der Waals surface area (Å²) in [6.07, 6.45) is 1.75. The molecule has 0 aromatic rings. The Morgan fingerprint density at radius 1 is 1.59 bits per heavy atom. The van der Waals surface area contributed by atoms with Gasteiger partial charge in [0.25, 0.3) is 0 Å². The Balaban J connectivity index is 2.36. The molecule has 0 aromatic carbocycles. The van der Waals surface area contributed by atoms with Gasteiger partial charge < -0.3 is 20.5 Å². The molecule has 0 bridgehead atoms. The largest absolute Gasteiger partial charge is 0.394 e. The van der Waals surface area contributed by atoms with Crippen molar-refractivity contribution in [2.75, 3.05) is 26.3 Å². The first-order chi connectivity index (χ1) is 8.06. The van der Waals surface area contributed by atoms with Crippen molar-refractivity contribution in [2.24, 2.45) is 11.7 Å². The van der Waals surface area contributed by atoms with E-state index in [0.717, 1.165) is 12.8 Å². The number of amides is 1. The molecule has 1 unspecified atom stereocenters. The minimum Gasteiger partial charge on any atom is -0.394 e. The molecule has 0 spiro atoms. The molecule has 0 aliphatic carbocycles. The maximum absolute atomic E-state index is 11.9. The van der Waals surface area contributed by atoms with Gasteiger partial charge in [-0.3, -0.25) is 4.79 Å². The Labute approximate surface area is 107 Å². The summed E-state index contributed by atoms with van der Waals surface area (Å²) in [5.41, 5.74) is 5.47. The Morgan fingerprint density at radius 2 is 2.18 bits per heavy atom. The molecule has 98 valence electrons. The first-order valence-corrected chi connectivity index (χ1v) is 6.27. The number of carbonyl (C=O) groups is 1. The third kappa shape index (κ3) is 4.22. The van der Waals surface area contributed by atoms with Gasteiger partial charge in [0.05, 0.1) is 30.2 Å². The Kier molecular flexibility index (Phi) is 5.80. The van der Waals surface area contributed by atoms with Crippen LogP contribution in [0.3, 0.4) is 0 Å². The Bertz CT molecular complexity index is 278. The Hall–Kier alpha value is -0.720. The van der Waals surface area contributed by atoms with E-state index in [0.29, 0.717) is 19.7 Å². The van der Waals surface area contributed by atoms with Crippen LogP contribution in [-0.2, 0) is 9.53 Å². The van der Waals surface area contributed by atoms with E-state index >= 15 is 0 Å². The van der Waals surface area contributed by atoms with Crippen LogP contribution in [0.25, 0.3) is 0 Å². The summed E-state index contributed by atoms with van der Waals surface area (Å²) in [6.45, 7) is 3.47. The van der Waals surface area contributed by atoms with E-state index in [1.165, 1.54) is 0 Å². The first kappa shape index (κ1) is 14.3. The van der Waals surface area contributed by atoms with Crippen molar-refractivity contribution in [1.82, 2.24) is 4.90 Å². The van der Waals surface area contributed by atoms with E-state index in [1.807, 2.05) is 0 Å². The van der Waals surface area contributed by atoms with E-state index in [-0.39, 0.29) is 29.5 Å². The van der Waals surface area contributed by atoms with Gasteiger partial charge >= 0.3 is 0 Å². The number of carbonyl (C=O) groups excluding carboxylic acids is 1. The molecule has 1 atom stereocenters. The molecule has 1 aliphatic rings. The number of thiocarbonyl (C=S) groups is 1. The maximum atomic E-state index is 11.9. The van der Waals surface area contributed by atoms with Gasteiger partial charge in [0.15, 0.2) is 0 Å². The SMILES string of the molecule is CC(C(=O)N1CCC(OCCO)CC1)C(N)=S. The predicted octanol–water partition coefficient (Wildman–Crippen LogP) is -0.0915. The second-order valence-electron chi connectivity index (χ2n) is 4.24. The average molecular weight is 260 g/mol. The molecule has 1 saturated heterocycles. The number of rotatable bonds is 5. The molecule has 0 saturated carbocycles. The number of hydrogen-bond donors (Lipinski definition) is 2. The summed E-state index contributed by atoms with van der Waals surface area (Å²) in [4.78, 5) is 14.0. The summed E-state index contributed by atoms with van der Waals surface area (Å²) < 4.78 is 5.43. The smallest absolute Gasteiger partial charge is 0.232 e. The third-order valence-corrected chi connectivity index (χ3v) is 3.35. The van der Waals surface area contributed by atoms with Gasteiger partial charge in [0, 0.05) is 13.1 Å². The van der Waals surface area contributed by atoms with Gasteiger partial charge in [-0.25, -0.2) is 0 Å². The summed E-state index contributed by atoms with van der Waals surface area (Å²) in [6, 6.07) is 0. The van der Waals surface area contributed by atoms with Crippen LogP contribution in [0.2, 0.25) is 0 Å². The van der Waals surface area contributed by atoms with Crippen molar-refractivity contribution in [3.63, 3.8) is 0 Å². The molecule has 3 N–H and O–H groups in total. The fraction of sp³-hybridized carbons (Fsp3) is 0.818. The fourth-order valence-corrected chi connectivity index (χ4v) is 1.96. The maximum Gasteiger partial charge on any atom is 0.232 e. The summed E-state index contributed by atoms with van der Waals surface area (Å²) >= 11 is 4.82. The van der Waals surface area contributed by atoms with E-state index in [4.69, 9.17) is 27.8 Å². The van der Waals surface area contributed by atoms with Crippen LogP contribution in [0.4, 0.5) is 0 Å². The van der Waals surface area contributed by atoms with Gasteiger partial charge in [-0.1, -0.05) is 12.2 Å². The molecular weight excluding hydrogens is 240 g/mol. The predicted molar refractivity (Wildman–Crippen MR) is 68.6 cm³/mol. The van der Waals surface area contributed by atoms with Crippen LogP contribution in [0.1, 0.15) is 19.8 Å². The van der Waals surface area contributed by atoms with Crippen LogP contribution >= 0.6 is 12.2 Å². The van der Waals surface area contributed by atoms with Crippen LogP contribution in [-0.4, -0.2) is 53.3 Å². The van der Waals surface area contributed by atoms with Crippen LogP contribution < -0.4 is 5.73 Å². The number of nitrogens with zero attached hydrogens (tertiary/aromatic N) is 1. The minimum absolute atomic E-state index is 0.00175. The molecule has 1 rings (SSSR count). The van der Waals surface area contributed by atoms with Gasteiger partial charge in [0.2, 0.25) is 5.91 Å². The van der Waals surface area contributed by atoms with Crippen molar-refractivity contribution >= 4 is 23.1 Å². The van der Waals surface area contributed by atoms with Crippen LogP contribution in [0, 0.1) is 5.92 Å². The molecule has 1 amide bonds. The highest BCUT2D eigenvalue weighted by Crippen LogP contribution is 2.16. The molecule has 17 heavy (non-hydrogen) atoms. The molecule has 6 heteroatoms. The van der Waals surface area contributed by atoms with E-state index < -0.39 is 0 Å². The molecular formula is C11H20N2O3S. The second kappa shape index (κ2) is 6.88. The van der Waals surface area contributed by atoms with E-state index in [2.05, 4.69) is 0 Å². The van der Waals surface area contributed by atoms with Crippen molar-refractivity contribution in [1.29, 1.82) is 0 Å². The summed E-state index contributed by atoms with van der Waals surface area (Å²) in [5, 5.41) is 8.65. The van der Waals surface area contributed by atoms with E-state index in [1.54, 1.807) is 11.8 Å².